The molecule has 4 unspecified atom stereocenters. The predicted octanol–water partition coefficient (Wildman–Crippen LogP) is -2.34. The molecule has 3 amide bonds. The van der Waals surface area contributed by atoms with Crippen molar-refractivity contribution in [3.63, 3.8) is 0 Å². The minimum Gasteiger partial charge on any atom is -0.480 e. The second-order valence-electron chi connectivity index (χ2n) is 4.85. The zero-order chi connectivity index (χ0) is 18.9. The summed E-state index contributed by atoms with van der Waals surface area (Å²) in [5, 5.41) is 15.9. The topological polar surface area (TPSA) is 151 Å². The molecule has 0 aromatic carbocycles. The standard InChI is InChI=1S/C12H22N4O5S3/c1-5(9(17)16-8(4-24)12(20)21)14-11(19)7(3-23)15-10(18)6(13)2-22/h5-8,22-24H,2-4,13H2,1H3,(H,14,19)(H,15,18)(H,16,17)(H,20,21). The summed E-state index contributed by atoms with van der Waals surface area (Å²) in [4.78, 5) is 46.5. The van der Waals surface area contributed by atoms with E-state index in [2.05, 4.69) is 53.8 Å². The van der Waals surface area contributed by atoms with Crippen LogP contribution in [0.1, 0.15) is 6.92 Å². The fourth-order valence-corrected chi connectivity index (χ4v) is 2.09. The third-order valence-corrected chi connectivity index (χ3v) is 4.02. The van der Waals surface area contributed by atoms with Crippen molar-refractivity contribution >= 4 is 61.6 Å². The van der Waals surface area contributed by atoms with E-state index >= 15 is 0 Å². The summed E-state index contributed by atoms with van der Waals surface area (Å²) in [6.45, 7) is 1.38. The molecule has 0 aliphatic rings. The number of hydrogen-bond donors (Lipinski definition) is 8. The molecule has 4 atom stereocenters. The second kappa shape index (κ2) is 11.4. The normalized spacial score (nSPS) is 15.5. The molecule has 138 valence electrons. The number of carboxylic acids is 1. The Morgan fingerprint density at radius 2 is 1.38 bits per heavy atom. The Morgan fingerprint density at radius 3 is 1.79 bits per heavy atom. The molecule has 0 aromatic rings. The summed E-state index contributed by atoms with van der Waals surface area (Å²) >= 11 is 11.7. The third kappa shape index (κ3) is 7.64. The Labute approximate surface area is 156 Å². The maximum Gasteiger partial charge on any atom is 0.327 e. The van der Waals surface area contributed by atoms with Gasteiger partial charge < -0.3 is 26.8 Å². The SMILES string of the molecule is CC(NC(=O)C(CS)NC(=O)C(N)CS)C(=O)NC(CS)C(=O)O. The molecule has 0 aliphatic heterocycles. The number of aliphatic carboxylic acids is 1. The molecule has 24 heavy (non-hydrogen) atoms. The largest absolute Gasteiger partial charge is 0.480 e. The lowest BCUT2D eigenvalue weighted by Crippen LogP contribution is -2.57. The molecule has 0 spiro atoms. The summed E-state index contributed by atoms with van der Waals surface area (Å²) in [6.07, 6.45) is 0. The number of thiol groups is 3. The van der Waals surface area contributed by atoms with Crippen molar-refractivity contribution in [3.8, 4) is 0 Å². The molecule has 0 fully saturated rings. The monoisotopic (exact) mass is 398 g/mol. The first-order chi connectivity index (χ1) is 11.2. The second-order valence-corrected chi connectivity index (χ2v) is 5.94. The van der Waals surface area contributed by atoms with Gasteiger partial charge >= 0.3 is 5.97 Å². The van der Waals surface area contributed by atoms with E-state index in [0.29, 0.717) is 0 Å². The highest BCUT2D eigenvalue weighted by atomic mass is 32.1. The molecule has 12 heteroatoms. The van der Waals surface area contributed by atoms with Crippen molar-refractivity contribution in [3.05, 3.63) is 0 Å². The predicted molar refractivity (Wildman–Crippen MR) is 98.6 cm³/mol. The average Bonchev–Trinajstić information content (AvgIpc) is 2.55. The van der Waals surface area contributed by atoms with Gasteiger partial charge in [-0.2, -0.15) is 37.9 Å². The van der Waals surface area contributed by atoms with Crippen LogP contribution >= 0.6 is 37.9 Å². The summed E-state index contributed by atoms with van der Waals surface area (Å²) in [6, 6.07) is -4.07. The van der Waals surface area contributed by atoms with Crippen LogP contribution in [0.15, 0.2) is 0 Å². The zero-order valence-corrected chi connectivity index (χ0v) is 15.6. The quantitative estimate of drug-likeness (QED) is 0.193. The van der Waals surface area contributed by atoms with Crippen LogP contribution in [-0.2, 0) is 19.2 Å². The Balaban J connectivity index is 4.67. The first-order valence-electron chi connectivity index (χ1n) is 6.89. The van der Waals surface area contributed by atoms with Gasteiger partial charge in [0, 0.05) is 17.3 Å². The number of carbonyl (C=O) groups excluding carboxylic acids is 3. The van der Waals surface area contributed by atoms with E-state index in [1.807, 2.05) is 0 Å². The minimum absolute atomic E-state index is 0.0143. The van der Waals surface area contributed by atoms with Gasteiger partial charge in [0.05, 0.1) is 6.04 Å². The highest BCUT2D eigenvalue weighted by Crippen LogP contribution is 1.95. The molecule has 0 heterocycles. The molecule has 0 rings (SSSR count). The van der Waals surface area contributed by atoms with Gasteiger partial charge in [-0.25, -0.2) is 4.79 Å². The van der Waals surface area contributed by atoms with Gasteiger partial charge in [0.25, 0.3) is 0 Å². The summed E-state index contributed by atoms with van der Waals surface area (Å²) < 4.78 is 0. The van der Waals surface area contributed by atoms with Crippen LogP contribution in [0.5, 0.6) is 0 Å². The molecule has 9 nitrogen and oxygen atoms in total. The van der Waals surface area contributed by atoms with Gasteiger partial charge in [0.1, 0.15) is 18.1 Å². The molecular weight excluding hydrogens is 376 g/mol. The van der Waals surface area contributed by atoms with E-state index in [4.69, 9.17) is 10.8 Å². The summed E-state index contributed by atoms with van der Waals surface area (Å²) in [5.74, 6) is -3.16. The van der Waals surface area contributed by atoms with Crippen LogP contribution in [0.3, 0.4) is 0 Å². The van der Waals surface area contributed by atoms with E-state index in [-0.39, 0.29) is 17.3 Å². The molecule has 6 N–H and O–H groups in total. The zero-order valence-electron chi connectivity index (χ0n) is 12.9. The third-order valence-electron chi connectivity index (χ3n) is 2.90. The molecule has 0 aromatic heterocycles. The van der Waals surface area contributed by atoms with Gasteiger partial charge in [-0.1, -0.05) is 0 Å². The Morgan fingerprint density at radius 1 is 0.875 bits per heavy atom. The molecule has 0 saturated carbocycles. The van der Waals surface area contributed by atoms with Crippen molar-refractivity contribution in [1.82, 2.24) is 16.0 Å². The first-order valence-corrected chi connectivity index (χ1v) is 8.79. The van der Waals surface area contributed by atoms with E-state index < -0.39 is 47.9 Å². The summed E-state index contributed by atoms with van der Waals surface area (Å²) in [5.41, 5.74) is 5.50. The van der Waals surface area contributed by atoms with Crippen LogP contribution in [-0.4, -0.2) is 70.2 Å². The first kappa shape index (κ1) is 22.9. The number of amides is 3. The van der Waals surface area contributed by atoms with Crippen molar-refractivity contribution < 1.29 is 24.3 Å². The van der Waals surface area contributed by atoms with E-state index in [1.165, 1.54) is 6.92 Å². The molecular formula is C12H22N4O5S3. The average molecular weight is 399 g/mol. The number of carboxylic acid groups (broad SMARTS) is 1. The van der Waals surface area contributed by atoms with Crippen LogP contribution in [0.25, 0.3) is 0 Å². The molecule has 0 aliphatic carbocycles. The summed E-state index contributed by atoms with van der Waals surface area (Å²) in [7, 11) is 0. The van der Waals surface area contributed by atoms with Gasteiger partial charge in [-0.05, 0) is 6.92 Å². The van der Waals surface area contributed by atoms with Crippen molar-refractivity contribution in [2.24, 2.45) is 5.73 Å². The lowest BCUT2D eigenvalue weighted by Gasteiger charge is -2.22. The highest BCUT2D eigenvalue weighted by Gasteiger charge is 2.26. The number of nitrogens with one attached hydrogen (secondary N) is 3. The fourth-order valence-electron chi connectivity index (χ4n) is 1.42. The molecule has 0 radical (unpaired) electrons. The fraction of sp³-hybridized carbons (Fsp3) is 0.667. The van der Waals surface area contributed by atoms with Crippen LogP contribution < -0.4 is 21.7 Å². The van der Waals surface area contributed by atoms with Gasteiger partial charge in [0.2, 0.25) is 17.7 Å². The van der Waals surface area contributed by atoms with Crippen molar-refractivity contribution in [1.29, 1.82) is 0 Å². The minimum atomic E-state index is -1.24. The van der Waals surface area contributed by atoms with Gasteiger partial charge in [-0.15, -0.1) is 0 Å². The number of carbonyl (C=O) groups is 4. The maximum atomic E-state index is 12.1. The van der Waals surface area contributed by atoms with Crippen LogP contribution in [0.2, 0.25) is 0 Å². The molecule has 0 saturated heterocycles. The highest BCUT2D eigenvalue weighted by molar-refractivity contribution is 7.80. The van der Waals surface area contributed by atoms with E-state index in [0.717, 1.165) is 0 Å². The van der Waals surface area contributed by atoms with E-state index in [1.54, 1.807) is 0 Å². The Kier molecular flexibility index (Phi) is 10.9. The van der Waals surface area contributed by atoms with E-state index in [9.17, 15) is 19.2 Å². The van der Waals surface area contributed by atoms with Gasteiger partial charge in [0.15, 0.2) is 0 Å². The van der Waals surface area contributed by atoms with Crippen molar-refractivity contribution in [2.45, 2.75) is 31.1 Å². The van der Waals surface area contributed by atoms with Gasteiger partial charge in [-0.3, -0.25) is 14.4 Å². The lowest BCUT2D eigenvalue weighted by atomic mass is 10.2. The van der Waals surface area contributed by atoms with Crippen molar-refractivity contribution in [2.75, 3.05) is 17.3 Å². The lowest BCUT2D eigenvalue weighted by molar-refractivity contribution is -0.141. The number of nitrogens with two attached hydrogens (primary N) is 1. The maximum absolute atomic E-state index is 12.1. The van der Waals surface area contributed by atoms with Crippen LogP contribution in [0.4, 0.5) is 0 Å². The smallest absolute Gasteiger partial charge is 0.327 e. The Hall–Kier alpha value is -1.11. The van der Waals surface area contributed by atoms with Crippen LogP contribution in [0, 0.1) is 0 Å². The molecule has 0 bridgehead atoms. The number of rotatable bonds is 10. The number of hydrogen-bond acceptors (Lipinski definition) is 8. The Bertz CT molecular complexity index is 480.